The highest BCUT2D eigenvalue weighted by molar-refractivity contribution is 9.10. The van der Waals surface area contributed by atoms with Crippen molar-refractivity contribution in [2.75, 3.05) is 12.3 Å². The monoisotopic (exact) mass is 348 g/mol. The fourth-order valence-electron chi connectivity index (χ4n) is 2.22. The van der Waals surface area contributed by atoms with Crippen molar-refractivity contribution in [2.45, 2.75) is 13.5 Å². The van der Waals surface area contributed by atoms with Crippen LogP contribution in [0.2, 0.25) is 0 Å². The molecule has 0 heterocycles. The van der Waals surface area contributed by atoms with E-state index in [1.807, 2.05) is 24.3 Å². The number of esters is 1. The van der Waals surface area contributed by atoms with E-state index in [2.05, 4.69) is 15.9 Å². The summed E-state index contributed by atoms with van der Waals surface area (Å²) in [5, 5.41) is 0. The molecule has 2 rings (SSSR count). The number of nitrogens with two attached hydrogens (primary N) is 2. The Morgan fingerprint density at radius 1 is 1.24 bits per heavy atom. The lowest BCUT2D eigenvalue weighted by Gasteiger charge is -2.16. The van der Waals surface area contributed by atoms with Crippen molar-refractivity contribution in [3.63, 3.8) is 0 Å². The summed E-state index contributed by atoms with van der Waals surface area (Å²) in [5.41, 5.74) is 15.4. The predicted octanol–water partition coefficient (Wildman–Crippen LogP) is 3.33. The second-order valence-corrected chi connectivity index (χ2v) is 5.32. The topological polar surface area (TPSA) is 78.3 Å². The van der Waals surface area contributed by atoms with Crippen LogP contribution in [-0.2, 0) is 11.3 Å². The lowest BCUT2D eigenvalue weighted by Crippen LogP contribution is -2.09. The van der Waals surface area contributed by atoms with E-state index in [0.29, 0.717) is 24.4 Å². The summed E-state index contributed by atoms with van der Waals surface area (Å²) in [7, 11) is 0. The second-order valence-electron chi connectivity index (χ2n) is 4.47. The van der Waals surface area contributed by atoms with Gasteiger partial charge in [0, 0.05) is 16.6 Å². The van der Waals surface area contributed by atoms with Crippen LogP contribution in [0, 0.1) is 0 Å². The summed E-state index contributed by atoms with van der Waals surface area (Å²) in [6.07, 6.45) is 0. The van der Waals surface area contributed by atoms with Crippen LogP contribution in [0.5, 0.6) is 0 Å². The molecular formula is C16H17BrN2O2. The van der Waals surface area contributed by atoms with Crippen LogP contribution in [0.1, 0.15) is 22.8 Å². The van der Waals surface area contributed by atoms with Crippen LogP contribution in [0.25, 0.3) is 11.1 Å². The van der Waals surface area contributed by atoms with Gasteiger partial charge in [-0.2, -0.15) is 0 Å². The number of halogens is 1. The van der Waals surface area contributed by atoms with Gasteiger partial charge in [0.15, 0.2) is 0 Å². The molecule has 2 aromatic carbocycles. The van der Waals surface area contributed by atoms with Crippen LogP contribution >= 0.6 is 15.9 Å². The molecule has 0 aromatic heterocycles. The molecule has 0 bridgehead atoms. The summed E-state index contributed by atoms with van der Waals surface area (Å²) in [6, 6.07) is 11.0. The summed E-state index contributed by atoms with van der Waals surface area (Å²) < 4.78 is 5.88. The van der Waals surface area contributed by atoms with Crippen molar-refractivity contribution in [3.8, 4) is 11.1 Å². The molecule has 0 fully saturated rings. The van der Waals surface area contributed by atoms with Gasteiger partial charge in [-0.25, -0.2) is 4.79 Å². The molecule has 0 aliphatic carbocycles. The number of carbonyl (C=O) groups is 1. The number of nitrogen functional groups attached to an aromatic ring is 1. The molecule has 21 heavy (non-hydrogen) atoms. The van der Waals surface area contributed by atoms with Gasteiger partial charge in [0.25, 0.3) is 0 Å². The van der Waals surface area contributed by atoms with Gasteiger partial charge in [0.1, 0.15) is 0 Å². The van der Waals surface area contributed by atoms with Crippen molar-refractivity contribution in [3.05, 3.63) is 52.0 Å². The van der Waals surface area contributed by atoms with Gasteiger partial charge >= 0.3 is 5.97 Å². The lowest BCUT2D eigenvalue weighted by molar-refractivity contribution is 0.0527. The van der Waals surface area contributed by atoms with Crippen LogP contribution in [-0.4, -0.2) is 12.6 Å². The van der Waals surface area contributed by atoms with Crippen molar-refractivity contribution in [1.82, 2.24) is 0 Å². The molecule has 5 heteroatoms. The Morgan fingerprint density at radius 2 is 1.95 bits per heavy atom. The first-order valence-electron chi connectivity index (χ1n) is 6.63. The van der Waals surface area contributed by atoms with Crippen molar-refractivity contribution in [2.24, 2.45) is 5.73 Å². The zero-order valence-corrected chi connectivity index (χ0v) is 13.3. The standard InChI is InChI=1S/C16H17BrN2O2/c1-2-21-16(20)12-6-4-3-5-11(12)14-10(9-18)7-8-13(17)15(14)19/h3-8H,2,9,18-19H2,1H3. The molecular weight excluding hydrogens is 332 g/mol. The number of ether oxygens (including phenoxy) is 1. The van der Waals surface area contributed by atoms with Crippen molar-refractivity contribution in [1.29, 1.82) is 0 Å². The molecule has 0 spiro atoms. The van der Waals surface area contributed by atoms with E-state index in [0.717, 1.165) is 21.2 Å². The highest BCUT2D eigenvalue weighted by Gasteiger charge is 2.18. The fraction of sp³-hybridized carbons (Fsp3) is 0.188. The maximum Gasteiger partial charge on any atom is 0.338 e. The third-order valence-corrected chi connectivity index (χ3v) is 3.88. The molecule has 0 aliphatic rings. The average Bonchev–Trinajstić information content (AvgIpc) is 2.50. The van der Waals surface area contributed by atoms with Gasteiger partial charge in [-0.3, -0.25) is 0 Å². The smallest absolute Gasteiger partial charge is 0.338 e. The highest BCUT2D eigenvalue weighted by Crippen LogP contribution is 2.37. The van der Waals surface area contributed by atoms with E-state index in [1.165, 1.54) is 0 Å². The van der Waals surface area contributed by atoms with E-state index >= 15 is 0 Å². The third kappa shape index (κ3) is 3.09. The SMILES string of the molecule is CCOC(=O)c1ccccc1-c1c(CN)ccc(Br)c1N. The Hall–Kier alpha value is -1.85. The lowest BCUT2D eigenvalue weighted by atomic mass is 9.94. The molecule has 0 amide bonds. The molecule has 4 N–H and O–H groups in total. The van der Waals surface area contributed by atoms with Crippen LogP contribution in [0.15, 0.2) is 40.9 Å². The van der Waals surface area contributed by atoms with E-state index in [-0.39, 0.29) is 5.97 Å². The van der Waals surface area contributed by atoms with Crippen LogP contribution in [0.3, 0.4) is 0 Å². The average molecular weight is 349 g/mol. The second kappa shape index (κ2) is 6.74. The van der Waals surface area contributed by atoms with Gasteiger partial charge in [-0.15, -0.1) is 0 Å². The normalized spacial score (nSPS) is 10.4. The van der Waals surface area contributed by atoms with Gasteiger partial charge in [-0.05, 0) is 46.1 Å². The number of carbonyl (C=O) groups excluding carboxylic acids is 1. The van der Waals surface area contributed by atoms with Crippen LogP contribution in [0.4, 0.5) is 5.69 Å². The Morgan fingerprint density at radius 3 is 2.62 bits per heavy atom. The molecule has 0 radical (unpaired) electrons. The summed E-state index contributed by atoms with van der Waals surface area (Å²) in [5.74, 6) is -0.365. The Labute approximate surface area is 132 Å². The number of hydrogen-bond acceptors (Lipinski definition) is 4. The minimum atomic E-state index is -0.365. The van der Waals surface area contributed by atoms with Crippen LogP contribution < -0.4 is 11.5 Å². The summed E-state index contributed by atoms with van der Waals surface area (Å²) in [6.45, 7) is 2.44. The van der Waals surface area contributed by atoms with Crippen molar-refractivity contribution < 1.29 is 9.53 Å². The molecule has 0 atom stereocenters. The van der Waals surface area contributed by atoms with E-state index in [1.54, 1.807) is 19.1 Å². The van der Waals surface area contributed by atoms with E-state index in [4.69, 9.17) is 16.2 Å². The molecule has 0 saturated heterocycles. The zero-order chi connectivity index (χ0) is 15.4. The van der Waals surface area contributed by atoms with Gasteiger partial charge in [0.2, 0.25) is 0 Å². The molecule has 0 aliphatic heterocycles. The van der Waals surface area contributed by atoms with E-state index in [9.17, 15) is 4.79 Å². The minimum Gasteiger partial charge on any atom is -0.462 e. The Balaban J connectivity index is 2.68. The summed E-state index contributed by atoms with van der Waals surface area (Å²) >= 11 is 3.42. The third-order valence-electron chi connectivity index (χ3n) is 3.19. The van der Waals surface area contributed by atoms with Gasteiger partial charge in [0.05, 0.1) is 17.9 Å². The van der Waals surface area contributed by atoms with Gasteiger partial charge < -0.3 is 16.2 Å². The summed E-state index contributed by atoms with van der Waals surface area (Å²) in [4.78, 5) is 12.1. The Bertz CT molecular complexity index is 671. The highest BCUT2D eigenvalue weighted by atomic mass is 79.9. The van der Waals surface area contributed by atoms with Crippen molar-refractivity contribution >= 4 is 27.6 Å². The zero-order valence-electron chi connectivity index (χ0n) is 11.7. The molecule has 0 saturated carbocycles. The molecule has 110 valence electrons. The van der Waals surface area contributed by atoms with Gasteiger partial charge in [-0.1, -0.05) is 24.3 Å². The number of benzene rings is 2. The minimum absolute atomic E-state index is 0.324. The Kier molecular flexibility index (Phi) is 4.98. The fourth-order valence-corrected chi connectivity index (χ4v) is 2.55. The van der Waals surface area contributed by atoms with E-state index < -0.39 is 0 Å². The number of anilines is 1. The first-order valence-corrected chi connectivity index (χ1v) is 7.42. The molecule has 4 nitrogen and oxygen atoms in total. The maximum absolute atomic E-state index is 12.1. The quantitative estimate of drug-likeness (QED) is 0.656. The molecule has 0 unspecified atom stereocenters. The molecule has 2 aromatic rings. The predicted molar refractivity (Wildman–Crippen MR) is 87.8 cm³/mol. The largest absolute Gasteiger partial charge is 0.462 e. The maximum atomic E-state index is 12.1. The first kappa shape index (κ1) is 15.5. The number of rotatable bonds is 4. The first-order chi connectivity index (χ1) is 10.1. The number of hydrogen-bond donors (Lipinski definition) is 2.